The van der Waals surface area contributed by atoms with Crippen LogP contribution >= 0.6 is 27.3 Å². The molecule has 0 nitrogen and oxygen atoms in total. The van der Waals surface area contributed by atoms with Crippen LogP contribution in [0.5, 0.6) is 0 Å². The molecule has 0 saturated carbocycles. The Hall–Kier alpha value is -0.810. The Morgan fingerprint density at radius 3 is 2.53 bits per heavy atom. The van der Waals surface area contributed by atoms with E-state index in [0.29, 0.717) is 12.0 Å². The zero-order valence-corrected chi connectivity index (χ0v) is 11.0. The van der Waals surface area contributed by atoms with Gasteiger partial charge in [-0.25, -0.2) is 0 Å². The van der Waals surface area contributed by atoms with E-state index in [1.165, 1.54) is 23.5 Å². The Bertz CT molecular complexity index is 516. The molecule has 2 rings (SSSR count). The lowest BCUT2D eigenvalue weighted by atomic mass is 10.0. The van der Waals surface area contributed by atoms with Crippen LogP contribution in [-0.2, 0) is 12.6 Å². The molecule has 0 aliphatic rings. The molecule has 1 aromatic carbocycles. The van der Waals surface area contributed by atoms with Crippen LogP contribution in [0.2, 0.25) is 0 Å². The van der Waals surface area contributed by atoms with E-state index in [1.54, 1.807) is 6.07 Å². The van der Waals surface area contributed by atoms with Crippen molar-refractivity contribution in [3.8, 4) is 0 Å². The smallest absolute Gasteiger partial charge is 0.166 e. The van der Waals surface area contributed by atoms with Gasteiger partial charge in [-0.15, -0.1) is 0 Å². The molecule has 0 radical (unpaired) electrons. The van der Waals surface area contributed by atoms with Crippen molar-refractivity contribution in [2.45, 2.75) is 12.6 Å². The molecule has 0 atom stereocenters. The van der Waals surface area contributed by atoms with Crippen molar-refractivity contribution in [2.75, 3.05) is 0 Å². The van der Waals surface area contributed by atoms with Gasteiger partial charge in [-0.2, -0.15) is 24.5 Å². The van der Waals surface area contributed by atoms with Crippen molar-refractivity contribution in [3.63, 3.8) is 0 Å². The maximum absolute atomic E-state index is 12.5. The number of benzene rings is 1. The second kappa shape index (κ2) is 4.82. The summed E-state index contributed by atoms with van der Waals surface area (Å²) in [5, 5.41) is 3.85. The molecule has 0 aliphatic heterocycles. The summed E-state index contributed by atoms with van der Waals surface area (Å²) in [6, 6.07) is 5.44. The van der Waals surface area contributed by atoms with E-state index < -0.39 is 11.7 Å². The van der Waals surface area contributed by atoms with E-state index >= 15 is 0 Å². The molecule has 0 N–H and O–H groups in total. The van der Waals surface area contributed by atoms with Crippen LogP contribution in [0, 0.1) is 0 Å². The summed E-state index contributed by atoms with van der Waals surface area (Å²) >= 11 is 4.90. The van der Waals surface area contributed by atoms with Crippen LogP contribution in [0.25, 0.3) is 0 Å². The molecular formula is C12H8BrF3S. The van der Waals surface area contributed by atoms with Crippen LogP contribution in [-0.4, -0.2) is 0 Å². The zero-order valence-electron chi connectivity index (χ0n) is 8.59. The number of halogens is 4. The molecule has 1 aromatic heterocycles. The van der Waals surface area contributed by atoms with Gasteiger partial charge in [-0.05, 0) is 44.9 Å². The number of alkyl halides is 3. The van der Waals surface area contributed by atoms with Crippen LogP contribution in [0.1, 0.15) is 16.7 Å². The first-order chi connectivity index (χ1) is 7.97. The van der Waals surface area contributed by atoms with Crippen molar-refractivity contribution in [3.05, 3.63) is 56.2 Å². The van der Waals surface area contributed by atoms with E-state index in [-0.39, 0.29) is 0 Å². The lowest BCUT2D eigenvalue weighted by Crippen LogP contribution is -2.05. The number of thiophene rings is 1. The largest absolute Gasteiger partial charge is 0.416 e. The second-order valence-electron chi connectivity index (χ2n) is 3.62. The Kier molecular flexibility index (Phi) is 3.58. The Morgan fingerprint density at radius 1 is 1.18 bits per heavy atom. The summed E-state index contributed by atoms with van der Waals surface area (Å²) in [6.45, 7) is 0. The van der Waals surface area contributed by atoms with Gasteiger partial charge in [0, 0.05) is 9.85 Å². The number of hydrogen-bond donors (Lipinski definition) is 0. The third-order valence-electron chi connectivity index (χ3n) is 2.34. The quantitative estimate of drug-likeness (QED) is 0.720. The van der Waals surface area contributed by atoms with Gasteiger partial charge in [0.2, 0.25) is 0 Å². The molecule has 5 heteroatoms. The molecule has 2 aromatic rings. The average Bonchev–Trinajstić information content (AvgIpc) is 2.64. The van der Waals surface area contributed by atoms with Gasteiger partial charge in [-0.3, -0.25) is 0 Å². The van der Waals surface area contributed by atoms with E-state index in [2.05, 4.69) is 15.9 Å². The van der Waals surface area contributed by atoms with Crippen LogP contribution in [0.3, 0.4) is 0 Å². The molecule has 0 fully saturated rings. The third-order valence-corrected chi connectivity index (χ3v) is 4.17. The molecule has 17 heavy (non-hydrogen) atoms. The normalized spacial score (nSPS) is 11.8. The maximum Gasteiger partial charge on any atom is 0.416 e. The van der Waals surface area contributed by atoms with Crippen molar-refractivity contribution in [2.24, 2.45) is 0 Å². The third kappa shape index (κ3) is 3.10. The molecular weight excluding hydrogens is 313 g/mol. The maximum atomic E-state index is 12.5. The first kappa shape index (κ1) is 12.6. The van der Waals surface area contributed by atoms with E-state index in [4.69, 9.17) is 0 Å². The lowest BCUT2D eigenvalue weighted by Gasteiger charge is -2.08. The van der Waals surface area contributed by atoms with Gasteiger partial charge in [0.05, 0.1) is 5.56 Å². The van der Waals surface area contributed by atoms with E-state index in [0.717, 1.165) is 16.1 Å². The summed E-state index contributed by atoms with van der Waals surface area (Å²) in [4.78, 5) is 0. The van der Waals surface area contributed by atoms with Crippen molar-refractivity contribution in [1.82, 2.24) is 0 Å². The highest BCUT2D eigenvalue weighted by atomic mass is 79.9. The molecule has 0 bridgehead atoms. The van der Waals surface area contributed by atoms with Crippen LogP contribution in [0.15, 0.2) is 39.5 Å². The summed E-state index contributed by atoms with van der Waals surface area (Å²) in [5.41, 5.74) is 1.08. The Labute approximate surface area is 109 Å². The Balaban J connectivity index is 2.26. The highest BCUT2D eigenvalue weighted by Crippen LogP contribution is 2.31. The van der Waals surface area contributed by atoms with Crippen molar-refractivity contribution >= 4 is 27.3 Å². The predicted octanol–water partition coefficient (Wildman–Crippen LogP) is 5.12. The molecule has 0 aliphatic carbocycles. The van der Waals surface area contributed by atoms with E-state index in [1.807, 2.05) is 10.8 Å². The summed E-state index contributed by atoms with van der Waals surface area (Å²) in [5.74, 6) is 0. The van der Waals surface area contributed by atoms with Gasteiger partial charge in [-0.1, -0.05) is 18.2 Å². The van der Waals surface area contributed by atoms with Gasteiger partial charge in [0.25, 0.3) is 0 Å². The predicted molar refractivity (Wildman–Crippen MR) is 66.3 cm³/mol. The fourth-order valence-corrected chi connectivity index (χ4v) is 2.95. The molecule has 0 unspecified atom stereocenters. The van der Waals surface area contributed by atoms with Crippen LogP contribution < -0.4 is 0 Å². The topological polar surface area (TPSA) is 0 Å². The number of rotatable bonds is 2. The average molecular weight is 321 g/mol. The zero-order chi connectivity index (χ0) is 12.5. The van der Waals surface area contributed by atoms with Gasteiger partial charge in [0.1, 0.15) is 0 Å². The fourth-order valence-electron chi connectivity index (χ4n) is 1.51. The minimum Gasteiger partial charge on any atom is -0.166 e. The van der Waals surface area contributed by atoms with Gasteiger partial charge in [0.15, 0.2) is 0 Å². The summed E-state index contributed by atoms with van der Waals surface area (Å²) < 4.78 is 38.5. The second-order valence-corrected chi connectivity index (χ2v) is 5.22. The molecule has 0 spiro atoms. The van der Waals surface area contributed by atoms with Gasteiger partial charge >= 0.3 is 6.18 Å². The lowest BCUT2D eigenvalue weighted by molar-refractivity contribution is -0.137. The highest BCUT2D eigenvalue weighted by molar-refractivity contribution is 9.10. The minimum absolute atomic E-state index is 0.508. The van der Waals surface area contributed by atoms with Crippen molar-refractivity contribution < 1.29 is 13.2 Å². The minimum atomic E-state index is -4.28. The first-order valence-electron chi connectivity index (χ1n) is 4.83. The molecule has 0 saturated heterocycles. The summed E-state index contributed by atoms with van der Waals surface area (Å²) in [6.07, 6.45) is -3.77. The summed E-state index contributed by atoms with van der Waals surface area (Å²) in [7, 11) is 0. The van der Waals surface area contributed by atoms with Gasteiger partial charge < -0.3 is 0 Å². The standard InChI is InChI=1S/C12H8BrF3S/c13-11-7-17-6-9(11)4-8-2-1-3-10(5-8)12(14,15)16/h1-3,5-7H,4H2. The Morgan fingerprint density at radius 2 is 1.94 bits per heavy atom. The molecule has 90 valence electrons. The molecule has 1 heterocycles. The monoisotopic (exact) mass is 320 g/mol. The number of hydrogen-bond acceptors (Lipinski definition) is 1. The van der Waals surface area contributed by atoms with Crippen molar-refractivity contribution in [1.29, 1.82) is 0 Å². The fraction of sp³-hybridized carbons (Fsp3) is 0.167. The first-order valence-corrected chi connectivity index (χ1v) is 6.57. The van der Waals surface area contributed by atoms with E-state index in [9.17, 15) is 13.2 Å². The SMILES string of the molecule is FC(F)(F)c1cccc(Cc2cscc2Br)c1. The molecule has 0 amide bonds. The van der Waals surface area contributed by atoms with Crippen LogP contribution in [0.4, 0.5) is 13.2 Å². The highest BCUT2D eigenvalue weighted by Gasteiger charge is 2.30.